The molecule has 1 aromatic heterocycles. The molecule has 0 radical (unpaired) electrons. The number of non-ortho nitro benzene ring substituents is 2. The van der Waals surface area contributed by atoms with Crippen LogP contribution in [0.15, 0.2) is 83.9 Å². The Kier molecular flexibility index (Phi) is 13.4. The van der Waals surface area contributed by atoms with E-state index in [1.165, 1.54) is 12.1 Å². The SMILES string of the molecule is COCCCOS(=O)(=O)c1ccc(C)cc1.COCCCn1ccc2ccc([N+](=O)[O-])cc21.O=[N+]([O-])c1ccc2c(c1)CC=C2. The maximum absolute atomic E-state index is 11.6. The number of aryl methyl sites for hydroxylation is 2. The number of allylic oxidation sites excluding steroid dienone is 1. The normalized spacial score (nSPS) is 11.7. The Morgan fingerprint density at radius 1 is 0.822 bits per heavy atom. The molecule has 0 saturated heterocycles. The molecule has 4 aromatic rings. The molecular formula is C32H37N3O9S. The predicted octanol–water partition coefficient (Wildman–Crippen LogP) is 6.49. The topological polar surface area (TPSA) is 153 Å². The Labute approximate surface area is 262 Å². The van der Waals surface area contributed by atoms with Gasteiger partial charge in [0.05, 0.1) is 26.9 Å². The zero-order chi connectivity index (χ0) is 32.8. The average molecular weight is 640 g/mol. The number of aromatic nitrogens is 1. The lowest BCUT2D eigenvalue weighted by molar-refractivity contribution is -0.385. The van der Waals surface area contributed by atoms with E-state index in [2.05, 4.69) is 0 Å². The van der Waals surface area contributed by atoms with Crippen LogP contribution in [-0.2, 0) is 36.7 Å². The van der Waals surface area contributed by atoms with Gasteiger partial charge in [0.15, 0.2) is 0 Å². The molecular weight excluding hydrogens is 602 g/mol. The minimum absolute atomic E-state index is 0.129. The second-order valence-electron chi connectivity index (χ2n) is 10.0. The van der Waals surface area contributed by atoms with Gasteiger partial charge in [-0.3, -0.25) is 24.4 Å². The molecule has 5 rings (SSSR count). The van der Waals surface area contributed by atoms with E-state index in [0.29, 0.717) is 19.6 Å². The third-order valence-corrected chi connectivity index (χ3v) is 8.06. The molecule has 240 valence electrons. The molecule has 0 amide bonds. The lowest BCUT2D eigenvalue weighted by Gasteiger charge is -2.05. The standard InChI is InChI=1S/C12H14N2O3.C11H16O4S.C9H7NO2/c1-17-8-2-6-13-7-5-10-3-4-11(14(15)16)9-12(10)13;1-10-4-6-11(7-5-10)16(12,13)15-9-3-8-14-2;11-10(12)9-5-4-7-2-1-3-8(7)6-9/h3-5,7,9H,2,6,8H2,1H3;4-7H,3,8-9H2,1-2H3;1-2,4-6H,3H2. The summed E-state index contributed by atoms with van der Waals surface area (Å²) in [6.07, 6.45) is 8.21. The largest absolute Gasteiger partial charge is 0.385 e. The highest BCUT2D eigenvalue weighted by atomic mass is 32.2. The first-order valence-electron chi connectivity index (χ1n) is 14.2. The number of ether oxygens (including phenoxy) is 2. The van der Waals surface area contributed by atoms with E-state index in [4.69, 9.17) is 13.7 Å². The summed E-state index contributed by atoms with van der Waals surface area (Å²) in [6, 6.07) is 18.4. The van der Waals surface area contributed by atoms with Crippen LogP contribution >= 0.6 is 0 Å². The summed E-state index contributed by atoms with van der Waals surface area (Å²) in [5.74, 6) is 0. The van der Waals surface area contributed by atoms with Gasteiger partial charge >= 0.3 is 0 Å². The first-order valence-corrected chi connectivity index (χ1v) is 15.6. The maximum Gasteiger partial charge on any atom is 0.296 e. The highest BCUT2D eigenvalue weighted by Gasteiger charge is 2.14. The minimum Gasteiger partial charge on any atom is -0.385 e. The van der Waals surface area contributed by atoms with Crippen LogP contribution in [0.4, 0.5) is 11.4 Å². The van der Waals surface area contributed by atoms with Crippen LogP contribution in [0.5, 0.6) is 0 Å². The fourth-order valence-electron chi connectivity index (χ4n) is 4.36. The summed E-state index contributed by atoms with van der Waals surface area (Å²) in [5.41, 5.74) is 4.36. The van der Waals surface area contributed by atoms with E-state index in [1.807, 2.05) is 35.9 Å². The Morgan fingerprint density at radius 2 is 1.47 bits per heavy atom. The molecule has 3 aromatic carbocycles. The van der Waals surface area contributed by atoms with Gasteiger partial charge in [-0.15, -0.1) is 0 Å². The van der Waals surface area contributed by atoms with Crippen molar-refractivity contribution in [2.75, 3.05) is 34.0 Å². The molecule has 0 fully saturated rings. The number of nitro groups is 2. The van der Waals surface area contributed by atoms with Crippen molar-refractivity contribution in [2.45, 2.75) is 37.6 Å². The molecule has 0 N–H and O–H groups in total. The first kappa shape index (κ1) is 35.1. The number of rotatable bonds is 12. The number of hydrogen-bond donors (Lipinski definition) is 0. The molecule has 13 heteroatoms. The van der Waals surface area contributed by atoms with Crippen molar-refractivity contribution in [1.29, 1.82) is 0 Å². The minimum atomic E-state index is -3.61. The molecule has 1 aliphatic carbocycles. The van der Waals surface area contributed by atoms with Crippen LogP contribution in [0.1, 0.15) is 29.5 Å². The second-order valence-corrected chi connectivity index (χ2v) is 11.7. The lowest BCUT2D eigenvalue weighted by Crippen LogP contribution is -2.08. The van der Waals surface area contributed by atoms with Crippen molar-refractivity contribution in [1.82, 2.24) is 4.57 Å². The van der Waals surface area contributed by atoms with Gasteiger partial charge in [0.2, 0.25) is 0 Å². The third kappa shape index (κ3) is 10.6. The highest BCUT2D eigenvalue weighted by Crippen LogP contribution is 2.24. The van der Waals surface area contributed by atoms with Gasteiger partial charge in [-0.05, 0) is 67.6 Å². The molecule has 1 aliphatic rings. The van der Waals surface area contributed by atoms with Gasteiger partial charge in [0.1, 0.15) is 0 Å². The Bertz CT molecular complexity index is 1720. The fourth-order valence-corrected chi connectivity index (χ4v) is 5.31. The molecule has 0 saturated carbocycles. The summed E-state index contributed by atoms with van der Waals surface area (Å²) >= 11 is 0. The van der Waals surface area contributed by atoms with Crippen LogP contribution < -0.4 is 0 Å². The van der Waals surface area contributed by atoms with Crippen molar-refractivity contribution >= 4 is 38.5 Å². The summed E-state index contributed by atoms with van der Waals surface area (Å²) in [7, 11) is -0.384. The number of fused-ring (bicyclic) bond motifs is 2. The summed E-state index contributed by atoms with van der Waals surface area (Å²) in [5, 5.41) is 22.1. The van der Waals surface area contributed by atoms with Crippen molar-refractivity contribution in [3.8, 4) is 0 Å². The monoisotopic (exact) mass is 639 g/mol. The number of nitrogens with zero attached hydrogens (tertiary/aromatic N) is 3. The van der Waals surface area contributed by atoms with E-state index in [0.717, 1.165) is 47.0 Å². The first-order chi connectivity index (χ1) is 21.6. The van der Waals surface area contributed by atoms with Crippen LogP contribution in [0.3, 0.4) is 0 Å². The summed E-state index contributed by atoms with van der Waals surface area (Å²) in [6.45, 7) is 4.02. The highest BCUT2D eigenvalue weighted by molar-refractivity contribution is 7.86. The molecule has 45 heavy (non-hydrogen) atoms. The molecule has 0 bridgehead atoms. The van der Waals surface area contributed by atoms with Crippen LogP contribution in [0.25, 0.3) is 17.0 Å². The molecule has 0 aliphatic heterocycles. The van der Waals surface area contributed by atoms with E-state index >= 15 is 0 Å². The lowest BCUT2D eigenvalue weighted by atomic mass is 10.1. The zero-order valence-electron chi connectivity index (χ0n) is 25.5. The number of nitro benzene ring substituents is 2. The van der Waals surface area contributed by atoms with Crippen molar-refractivity contribution < 1.29 is 31.9 Å². The average Bonchev–Trinajstić information content (AvgIpc) is 3.67. The van der Waals surface area contributed by atoms with Gasteiger partial charge in [-0.25, -0.2) is 0 Å². The van der Waals surface area contributed by atoms with Crippen molar-refractivity contribution in [3.05, 3.63) is 116 Å². The van der Waals surface area contributed by atoms with Gasteiger partial charge in [-0.2, -0.15) is 8.42 Å². The quantitative estimate of drug-likeness (QED) is 0.0733. The third-order valence-electron chi connectivity index (χ3n) is 6.73. The number of hydrogen-bond acceptors (Lipinski definition) is 9. The molecule has 0 unspecified atom stereocenters. The Hall–Kier alpha value is -4.43. The summed E-state index contributed by atoms with van der Waals surface area (Å²) < 4.78 is 39.9. The van der Waals surface area contributed by atoms with Crippen molar-refractivity contribution in [3.63, 3.8) is 0 Å². The van der Waals surface area contributed by atoms with Gasteiger partial charge in [0.25, 0.3) is 21.5 Å². The van der Waals surface area contributed by atoms with Crippen LogP contribution in [0, 0.1) is 27.2 Å². The van der Waals surface area contributed by atoms with E-state index in [1.54, 1.807) is 62.8 Å². The molecule has 0 atom stereocenters. The van der Waals surface area contributed by atoms with Gasteiger partial charge in [-0.1, -0.05) is 29.8 Å². The molecule has 12 nitrogen and oxygen atoms in total. The van der Waals surface area contributed by atoms with E-state index < -0.39 is 10.1 Å². The Balaban J connectivity index is 0.000000187. The molecule has 1 heterocycles. The second kappa shape index (κ2) is 17.2. The predicted molar refractivity (Wildman–Crippen MR) is 172 cm³/mol. The van der Waals surface area contributed by atoms with E-state index in [9.17, 15) is 28.6 Å². The van der Waals surface area contributed by atoms with Gasteiger partial charge < -0.3 is 14.0 Å². The Morgan fingerprint density at radius 3 is 2.13 bits per heavy atom. The zero-order valence-corrected chi connectivity index (χ0v) is 26.3. The smallest absolute Gasteiger partial charge is 0.296 e. The number of benzene rings is 3. The van der Waals surface area contributed by atoms with Gasteiger partial charge in [0, 0.05) is 69.8 Å². The molecule has 0 spiro atoms. The van der Waals surface area contributed by atoms with Crippen LogP contribution in [-0.4, -0.2) is 56.9 Å². The maximum atomic E-state index is 11.6. The van der Waals surface area contributed by atoms with Crippen LogP contribution in [0.2, 0.25) is 0 Å². The van der Waals surface area contributed by atoms with Crippen molar-refractivity contribution in [2.24, 2.45) is 0 Å². The van der Waals surface area contributed by atoms with E-state index in [-0.39, 0.29) is 32.7 Å². The number of methoxy groups -OCH3 is 2. The fraction of sp³-hybridized carbons (Fsp3) is 0.312. The summed E-state index contributed by atoms with van der Waals surface area (Å²) in [4.78, 5) is 20.6.